The molecule has 7 nitrogen and oxygen atoms in total. The average Bonchev–Trinajstić information content (AvgIpc) is 2.84. The Hall–Kier alpha value is -3.97. The van der Waals surface area contributed by atoms with Crippen molar-refractivity contribution in [3.05, 3.63) is 101 Å². The average molecular weight is 455 g/mol. The highest BCUT2D eigenvalue weighted by molar-refractivity contribution is 5.69. The van der Waals surface area contributed by atoms with Gasteiger partial charge in [0.1, 0.15) is 5.82 Å². The van der Waals surface area contributed by atoms with Crippen molar-refractivity contribution < 1.29 is 0 Å². The van der Waals surface area contributed by atoms with Crippen molar-refractivity contribution in [1.82, 2.24) is 15.0 Å². The summed E-state index contributed by atoms with van der Waals surface area (Å²) in [5, 5.41) is 3.39. The molecule has 2 atom stereocenters. The zero-order chi connectivity index (χ0) is 24.1. The van der Waals surface area contributed by atoms with E-state index in [0.29, 0.717) is 11.5 Å². The Morgan fingerprint density at radius 1 is 1.06 bits per heavy atom. The monoisotopic (exact) mass is 454 g/mol. The van der Waals surface area contributed by atoms with Crippen molar-refractivity contribution in [2.45, 2.75) is 32.4 Å². The summed E-state index contributed by atoms with van der Waals surface area (Å²) in [5.41, 5.74) is 10.5. The molecule has 0 fully saturated rings. The molecular formula is C27H30N6O. The first-order chi connectivity index (χ1) is 16.4. The third-order valence-corrected chi connectivity index (χ3v) is 5.74. The van der Waals surface area contributed by atoms with Crippen LogP contribution in [0.4, 0.5) is 17.5 Å². The number of rotatable bonds is 8. The van der Waals surface area contributed by atoms with Gasteiger partial charge in [-0.25, -0.2) is 4.98 Å². The van der Waals surface area contributed by atoms with Crippen LogP contribution in [0.1, 0.15) is 31.0 Å². The number of H-pyrrole nitrogens is 1. The van der Waals surface area contributed by atoms with Gasteiger partial charge in [-0.2, -0.15) is 4.98 Å². The van der Waals surface area contributed by atoms with Crippen LogP contribution in [0.3, 0.4) is 0 Å². The maximum absolute atomic E-state index is 12.4. The van der Waals surface area contributed by atoms with Gasteiger partial charge in [-0.3, -0.25) is 4.79 Å². The molecule has 0 unspecified atom stereocenters. The topological polar surface area (TPSA) is 99.9 Å². The normalized spacial score (nSPS) is 12.7. The molecule has 0 aliphatic heterocycles. The van der Waals surface area contributed by atoms with Gasteiger partial charge in [-0.1, -0.05) is 54.6 Å². The fourth-order valence-electron chi connectivity index (χ4n) is 3.86. The first-order valence-electron chi connectivity index (χ1n) is 11.4. The molecule has 2 aromatic carbocycles. The summed E-state index contributed by atoms with van der Waals surface area (Å²) >= 11 is 0. The van der Waals surface area contributed by atoms with Gasteiger partial charge in [-0.05, 0) is 49.1 Å². The second kappa shape index (κ2) is 10.3. The molecule has 0 radical (unpaired) electrons. The van der Waals surface area contributed by atoms with E-state index in [9.17, 15) is 4.79 Å². The van der Waals surface area contributed by atoms with Crippen molar-refractivity contribution in [3.8, 4) is 11.1 Å². The molecule has 0 aliphatic carbocycles. The summed E-state index contributed by atoms with van der Waals surface area (Å²) in [6, 6.07) is 21.8. The lowest BCUT2D eigenvalue weighted by molar-refractivity contribution is 0.768. The van der Waals surface area contributed by atoms with Gasteiger partial charge in [0, 0.05) is 37.1 Å². The van der Waals surface area contributed by atoms with Crippen LogP contribution in [0.2, 0.25) is 0 Å². The van der Waals surface area contributed by atoms with E-state index < -0.39 is 0 Å². The maximum atomic E-state index is 12.4. The molecule has 4 aromatic rings. The predicted molar refractivity (Wildman–Crippen MR) is 138 cm³/mol. The SMILES string of the molecule is C[C@@H](Cc1cccc([C@@H](C)N)c1)Nc1nccc(N(C)c2c[nH]c(=O)c(-c3ccccc3)c2)n1. The first kappa shape index (κ1) is 23.2. The van der Waals surface area contributed by atoms with Crippen LogP contribution in [0.25, 0.3) is 11.1 Å². The van der Waals surface area contributed by atoms with E-state index in [1.54, 1.807) is 12.4 Å². The summed E-state index contributed by atoms with van der Waals surface area (Å²) in [4.78, 5) is 26.2. The van der Waals surface area contributed by atoms with Crippen LogP contribution >= 0.6 is 0 Å². The molecule has 4 rings (SSSR count). The minimum Gasteiger partial charge on any atom is -0.351 e. The standard InChI is InChI=1S/C27H30N6O/c1-18(14-20-8-7-11-22(15-20)19(2)28)31-27-29-13-12-25(32-27)33(3)23-16-24(26(34)30-17-23)21-9-5-4-6-10-21/h4-13,15-19H,14,28H2,1-3H3,(H,30,34)(H,29,31,32)/t18-,19+/m0/s1. The molecule has 0 saturated carbocycles. The minimum absolute atomic E-state index is 0.00843. The molecule has 2 aromatic heterocycles. The number of pyridine rings is 1. The van der Waals surface area contributed by atoms with Crippen molar-refractivity contribution in [2.75, 3.05) is 17.3 Å². The van der Waals surface area contributed by atoms with Crippen LogP contribution < -0.4 is 21.5 Å². The Morgan fingerprint density at radius 2 is 1.85 bits per heavy atom. The highest BCUT2D eigenvalue weighted by Crippen LogP contribution is 2.25. The molecule has 0 saturated heterocycles. The second-order valence-corrected chi connectivity index (χ2v) is 8.55. The fraction of sp³-hybridized carbons (Fsp3) is 0.222. The Labute approximate surface area is 199 Å². The number of aromatic amines is 1. The summed E-state index contributed by atoms with van der Waals surface area (Å²) in [6.07, 6.45) is 4.25. The van der Waals surface area contributed by atoms with Crippen LogP contribution in [0.5, 0.6) is 0 Å². The fourth-order valence-corrected chi connectivity index (χ4v) is 3.86. The van der Waals surface area contributed by atoms with Gasteiger partial charge in [-0.15, -0.1) is 0 Å². The van der Waals surface area contributed by atoms with Gasteiger partial charge >= 0.3 is 0 Å². The third-order valence-electron chi connectivity index (χ3n) is 5.74. The van der Waals surface area contributed by atoms with Gasteiger partial charge in [0.15, 0.2) is 0 Å². The summed E-state index contributed by atoms with van der Waals surface area (Å²) in [7, 11) is 1.91. The van der Waals surface area contributed by atoms with Crippen LogP contribution in [-0.4, -0.2) is 28.0 Å². The number of benzene rings is 2. The molecule has 174 valence electrons. The molecule has 2 heterocycles. The highest BCUT2D eigenvalue weighted by Gasteiger charge is 2.12. The second-order valence-electron chi connectivity index (χ2n) is 8.55. The Kier molecular flexibility index (Phi) is 7.04. The molecule has 4 N–H and O–H groups in total. The van der Waals surface area contributed by atoms with E-state index in [0.717, 1.165) is 29.1 Å². The number of aromatic nitrogens is 3. The smallest absolute Gasteiger partial charge is 0.255 e. The van der Waals surface area contributed by atoms with E-state index >= 15 is 0 Å². The lowest BCUT2D eigenvalue weighted by atomic mass is 10.0. The Bertz CT molecular complexity index is 1300. The van der Waals surface area contributed by atoms with Gasteiger partial charge in [0.2, 0.25) is 5.95 Å². The van der Waals surface area contributed by atoms with Crippen LogP contribution in [0, 0.1) is 0 Å². The number of hydrogen-bond donors (Lipinski definition) is 3. The molecule has 0 bridgehead atoms. The number of nitrogens with two attached hydrogens (primary N) is 1. The van der Waals surface area contributed by atoms with Crippen LogP contribution in [0.15, 0.2) is 83.9 Å². The first-order valence-corrected chi connectivity index (χ1v) is 11.4. The number of nitrogens with one attached hydrogen (secondary N) is 2. The Balaban J connectivity index is 1.50. The zero-order valence-corrected chi connectivity index (χ0v) is 19.7. The van der Waals surface area contributed by atoms with Gasteiger partial charge in [0.05, 0.1) is 5.69 Å². The highest BCUT2D eigenvalue weighted by atomic mass is 16.1. The third kappa shape index (κ3) is 5.50. The molecule has 7 heteroatoms. The van der Waals surface area contributed by atoms with E-state index in [-0.39, 0.29) is 17.6 Å². The Morgan fingerprint density at radius 3 is 2.62 bits per heavy atom. The van der Waals surface area contributed by atoms with E-state index in [1.807, 2.05) is 67.4 Å². The van der Waals surface area contributed by atoms with Crippen molar-refractivity contribution in [2.24, 2.45) is 5.73 Å². The van der Waals surface area contributed by atoms with E-state index in [4.69, 9.17) is 10.7 Å². The lowest BCUT2D eigenvalue weighted by Gasteiger charge is -2.20. The largest absolute Gasteiger partial charge is 0.351 e. The summed E-state index contributed by atoms with van der Waals surface area (Å²) in [5.74, 6) is 1.27. The molecule has 0 amide bonds. The molecule has 0 aliphatic rings. The molecule has 0 spiro atoms. The minimum atomic E-state index is -0.129. The quantitative estimate of drug-likeness (QED) is 0.358. The summed E-state index contributed by atoms with van der Waals surface area (Å²) < 4.78 is 0. The lowest BCUT2D eigenvalue weighted by Crippen LogP contribution is -2.21. The van der Waals surface area contributed by atoms with Crippen LogP contribution in [-0.2, 0) is 6.42 Å². The number of nitrogens with zero attached hydrogens (tertiary/aromatic N) is 3. The summed E-state index contributed by atoms with van der Waals surface area (Å²) in [6.45, 7) is 4.09. The van der Waals surface area contributed by atoms with Crippen molar-refractivity contribution in [1.29, 1.82) is 0 Å². The number of hydrogen-bond acceptors (Lipinski definition) is 6. The van der Waals surface area contributed by atoms with E-state index in [2.05, 4.69) is 40.4 Å². The van der Waals surface area contributed by atoms with E-state index in [1.165, 1.54) is 5.56 Å². The zero-order valence-electron chi connectivity index (χ0n) is 19.7. The predicted octanol–water partition coefficient (Wildman–Crippen LogP) is 4.66. The van der Waals surface area contributed by atoms with Crippen molar-refractivity contribution >= 4 is 17.5 Å². The number of anilines is 3. The van der Waals surface area contributed by atoms with Gasteiger partial charge < -0.3 is 20.9 Å². The molecule has 34 heavy (non-hydrogen) atoms. The van der Waals surface area contributed by atoms with Gasteiger partial charge in [0.25, 0.3) is 5.56 Å². The maximum Gasteiger partial charge on any atom is 0.255 e. The van der Waals surface area contributed by atoms with Crippen molar-refractivity contribution in [3.63, 3.8) is 0 Å². The molecular weight excluding hydrogens is 424 g/mol.